The van der Waals surface area contributed by atoms with Crippen molar-refractivity contribution in [1.82, 2.24) is 15.1 Å². The van der Waals surface area contributed by atoms with E-state index in [1.807, 2.05) is 13.8 Å². The van der Waals surface area contributed by atoms with Gasteiger partial charge in [0.15, 0.2) is 0 Å². The second-order valence-corrected chi connectivity index (χ2v) is 5.51. The molecule has 6 heteroatoms. The topological polar surface area (TPSA) is 65.8 Å². The molecule has 0 bridgehead atoms. The van der Waals surface area contributed by atoms with Crippen molar-refractivity contribution in [2.45, 2.75) is 20.8 Å². The number of nitrogens with one attached hydrogen (secondary N) is 1. The first-order valence-corrected chi connectivity index (χ1v) is 7.22. The van der Waals surface area contributed by atoms with Gasteiger partial charge in [-0.05, 0) is 20.8 Å². The minimum atomic E-state index is -0.162. The molecular weight excluding hydrogens is 270 g/mol. The molecule has 0 aliphatic carbocycles. The lowest BCUT2D eigenvalue weighted by atomic mass is 10.1. The maximum Gasteiger partial charge on any atom is 0.257 e. The highest BCUT2D eigenvalue weighted by atomic mass is 16.3. The summed E-state index contributed by atoms with van der Waals surface area (Å²) in [6.45, 7) is 8.59. The number of amides is 2. The number of carbonyl (C=O) groups is 2. The summed E-state index contributed by atoms with van der Waals surface area (Å²) in [6.07, 6.45) is 0. The second-order valence-electron chi connectivity index (χ2n) is 5.51. The van der Waals surface area contributed by atoms with Crippen LogP contribution in [0.3, 0.4) is 0 Å². The Hall–Kier alpha value is -1.82. The monoisotopic (exact) mass is 293 g/mol. The number of likely N-dealkylation sites (N-methyl/N-ethyl adjacent to an activating group) is 1. The van der Waals surface area contributed by atoms with Crippen LogP contribution in [0.5, 0.6) is 0 Å². The minimum Gasteiger partial charge on any atom is -0.466 e. The Morgan fingerprint density at radius 1 is 1.19 bits per heavy atom. The molecule has 0 unspecified atom stereocenters. The van der Waals surface area contributed by atoms with Crippen molar-refractivity contribution in [2.24, 2.45) is 0 Å². The number of furan rings is 1. The van der Waals surface area contributed by atoms with Gasteiger partial charge in [-0.25, -0.2) is 0 Å². The van der Waals surface area contributed by atoms with Crippen LogP contribution < -0.4 is 5.32 Å². The fraction of sp³-hybridized carbons (Fsp3) is 0.600. The number of hydrogen-bond donors (Lipinski definition) is 1. The molecule has 0 saturated carbocycles. The Morgan fingerprint density at radius 2 is 1.81 bits per heavy atom. The number of hydrogen-bond acceptors (Lipinski definition) is 4. The Balaban J connectivity index is 2.03. The summed E-state index contributed by atoms with van der Waals surface area (Å²) in [7, 11) is 1.66. The summed E-state index contributed by atoms with van der Waals surface area (Å²) in [4.78, 5) is 28.0. The second kappa shape index (κ2) is 6.30. The smallest absolute Gasteiger partial charge is 0.257 e. The van der Waals surface area contributed by atoms with Gasteiger partial charge in [0, 0.05) is 38.8 Å². The fourth-order valence-corrected chi connectivity index (χ4v) is 2.59. The van der Waals surface area contributed by atoms with Crippen LogP contribution in [0.1, 0.15) is 27.4 Å². The van der Waals surface area contributed by atoms with E-state index in [1.54, 1.807) is 18.9 Å². The van der Waals surface area contributed by atoms with Crippen molar-refractivity contribution in [3.05, 3.63) is 22.6 Å². The van der Waals surface area contributed by atoms with Crippen LogP contribution in [-0.4, -0.2) is 61.4 Å². The Kier molecular flexibility index (Phi) is 4.67. The molecule has 1 saturated heterocycles. The minimum absolute atomic E-state index is 0.0112. The first kappa shape index (κ1) is 15.6. The third kappa shape index (κ3) is 3.26. The molecule has 116 valence electrons. The molecule has 1 N–H and O–H groups in total. The summed E-state index contributed by atoms with van der Waals surface area (Å²) >= 11 is 0. The average Bonchev–Trinajstić information content (AvgIpc) is 2.72. The van der Waals surface area contributed by atoms with Crippen LogP contribution in [-0.2, 0) is 4.79 Å². The molecule has 0 spiro atoms. The van der Waals surface area contributed by atoms with Crippen LogP contribution in [0, 0.1) is 20.8 Å². The summed E-state index contributed by atoms with van der Waals surface area (Å²) in [6, 6.07) is 0. The predicted octanol–water partition coefficient (Wildman–Crippen LogP) is 0.709. The largest absolute Gasteiger partial charge is 0.466 e. The van der Waals surface area contributed by atoms with Crippen molar-refractivity contribution < 1.29 is 14.0 Å². The predicted molar refractivity (Wildman–Crippen MR) is 79.3 cm³/mol. The molecular formula is C15H23N3O3. The third-order valence-electron chi connectivity index (χ3n) is 3.96. The highest BCUT2D eigenvalue weighted by molar-refractivity contribution is 5.98. The third-order valence-corrected chi connectivity index (χ3v) is 3.96. The van der Waals surface area contributed by atoms with Gasteiger partial charge in [0.2, 0.25) is 5.91 Å². The SMILES string of the molecule is Cc1oc(C)c(C(=O)N(C)CC(=O)N2CCNCC2)c1C. The number of rotatable bonds is 3. The van der Waals surface area contributed by atoms with E-state index in [9.17, 15) is 9.59 Å². The van der Waals surface area contributed by atoms with Crippen LogP contribution in [0.4, 0.5) is 0 Å². The van der Waals surface area contributed by atoms with Gasteiger partial charge in [-0.3, -0.25) is 9.59 Å². The fourth-order valence-electron chi connectivity index (χ4n) is 2.59. The highest BCUT2D eigenvalue weighted by Gasteiger charge is 2.25. The lowest BCUT2D eigenvalue weighted by molar-refractivity contribution is -0.132. The molecule has 1 aromatic rings. The maximum atomic E-state index is 12.5. The molecule has 0 aromatic carbocycles. The number of aryl methyl sites for hydroxylation is 2. The van der Waals surface area contributed by atoms with Gasteiger partial charge in [0.25, 0.3) is 5.91 Å². The summed E-state index contributed by atoms with van der Waals surface area (Å²) in [5.74, 6) is 1.18. The zero-order valence-electron chi connectivity index (χ0n) is 13.2. The highest BCUT2D eigenvalue weighted by Crippen LogP contribution is 2.21. The summed E-state index contributed by atoms with van der Waals surface area (Å²) < 4.78 is 5.49. The Labute approximate surface area is 125 Å². The number of carbonyl (C=O) groups excluding carboxylic acids is 2. The van der Waals surface area contributed by atoms with Crippen LogP contribution in [0.15, 0.2) is 4.42 Å². The molecule has 2 rings (SSSR count). The molecule has 0 radical (unpaired) electrons. The van der Waals surface area contributed by atoms with E-state index in [0.717, 1.165) is 24.4 Å². The molecule has 0 atom stereocenters. The lowest BCUT2D eigenvalue weighted by Gasteiger charge is -2.29. The Morgan fingerprint density at radius 3 is 2.33 bits per heavy atom. The van der Waals surface area contributed by atoms with Crippen LogP contribution in [0.2, 0.25) is 0 Å². The van der Waals surface area contributed by atoms with Crippen molar-refractivity contribution >= 4 is 11.8 Å². The molecule has 1 fully saturated rings. The van der Waals surface area contributed by atoms with Gasteiger partial charge in [0.1, 0.15) is 11.5 Å². The van der Waals surface area contributed by atoms with E-state index >= 15 is 0 Å². The van der Waals surface area contributed by atoms with Gasteiger partial charge in [-0.15, -0.1) is 0 Å². The first-order valence-electron chi connectivity index (χ1n) is 7.22. The van der Waals surface area contributed by atoms with Gasteiger partial charge in [0.05, 0.1) is 12.1 Å². The normalized spacial score (nSPS) is 15.1. The van der Waals surface area contributed by atoms with Crippen LogP contribution >= 0.6 is 0 Å². The van der Waals surface area contributed by atoms with Crippen molar-refractivity contribution in [1.29, 1.82) is 0 Å². The molecule has 1 aliphatic heterocycles. The van der Waals surface area contributed by atoms with E-state index < -0.39 is 0 Å². The quantitative estimate of drug-likeness (QED) is 0.891. The van der Waals surface area contributed by atoms with Crippen molar-refractivity contribution in [3.63, 3.8) is 0 Å². The zero-order chi connectivity index (χ0) is 15.6. The van der Waals surface area contributed by atoms with E-state index in [-0.39, 0.29) is 18.4 Å². The molecule has 1 aliphatic rings. The maximum absolute atomic E-state index is 12.5. The lowest BCUT2D eigenvalue weighted by Crippen LogP contribution is -2.49. The van der Waals surface area contributed by atoms with Gasteiger partial charge in [-0.2, -0.15) is 0 Å². The molecule has 1 aromatic heterocycles. The van der Waals surface area contributed by atoms with E-state index in [4.69, 9.17) is 4.42 Å². The number of piperazine rings is 1. The average molecular weight is 293 g/mol. The molecule has 21 heavy (non-hydrogen) atoms. The van der Waals surface area contributed by atoms with Gasteiger partial charge >= 0.3 is 0 Å². The molecule has 6 nitrogen and oxygen atoms in total. The molecule has 2 amide bonds. The van der Waals surface area contributed by atoms with Crippen molar-refractivity contribution in [3.8, 4) is 0 Å². The van der Waals surface area contributed by atoms with E-state index in [2.05, 4.69) is 5.32 Å². The van der Waals surface area contributed by atoms with Gasteiger partial charge in [-0.1, -0.05) is 0 Å². The van der Waals surface area contributed by atoms with Gasteiger partial charge < -0.3 is 19.5 Å². The number of nitrogens with zero attached hydrogens (tertiary/aromatic N) is 2. The van der Waals surface area contributed by atoms with Crippen molar-refractivity contribution in [2.75, 3.05) is 39.8 Å². The Bertz CT molecular complexity index is 545. The first-order chi connectivity index (χ1) is 9.91. The van der Waals surface area contributed by atoms with E-state index in [0.29, 0.717) is 24.4 Å². The summed E-state index contributed by atoms with van der Waals surface area (Å²) in [5, 5.41) is 3.20. The van der Waals surface area contributed by atoms with E-state index in [1.165, 1.54) is 4.90 Å². The zero-order valence-corrected chi connectivity index (χ0v) is 13.2. The molecule has 2 heterocycles. The van der Waals surface area contributed by atoms with Crippen LogP contribution in [0.25, 0.3) is 0 Å². The standard InChI is InChI=1S/C15H23N3O3/c1-10-11(2)21-12(3)14(10)15(20)17(4)9-13(19)18-7-5-16-6-8-18/h16H,5-9H2,1-4H3. The summed E-state index contributed by atoms with van der Waals surface area (Å²) in [5.41, 5.74) is 1.42.